The lowest BCUT2D eigenvalue weighted by molar-refractivity contribution is 0.406. The molecule has 1 N–H and O–H groups in total. The number of hydrogen-bond donors (Lipinski definition) is 1. The summed E-state index contributed by atoms with van der Waals surface area (Å²) < 4.78 is 5.40. The van der Waals surface area contributed by atoms with Gasteiger partial charge in [0.2, 0.25) is 0 Å². The molecule has 0 radical (unpaired) electrons. The SMILES string of the molecule is CNC(Cc1cccs1)Cc1ccccc1OC. The molecule has 0 aliphatic carbocycles. The summed E-state index contributed by atoms with van der Waals surface area (Å²) in [5.41, 5.74) is 1.26. The van der Waals surface area contributed by atoms with Crippen LogP contribution in [0.15, 0.2) is 41.8 Å². The van der Waals surface area contributed by atoms with Gasteiger partial charge in [-0.1, -0.05) is 24.3 Å². The van der Waals surface area contributed by atoms with E-state index in [1.54, 1.807) is 7.11 Å². The van der Waals surface area contributed by atoms with Crippen molar-refractivity contribution in [2.45, 2.75) is 18.9 Å². The predicted molar refractivity (Wildman–Crippen MR) is 77.6 cm³/mol. The molecule has 0 bridgehead atoms. The molecule has 18 heavy (non-hydrogen) atoms. The molecular formula is C15H19NOS. The largest absolute Gasteiger partial charge is 0.496 e. The number of thiophene rings is 1. The van der Waals surface area contributed by atoms with Crippen LogP contribution >= 0.6 is 11.3 Å². The second-order valence-corrected chi connectivity index (χ2v) is 5.32. The minimum Gasteiger partial charge on any atom is -0.496 e. The highest BCUT2D eigenvalue weighted by Crippen LogP contribution is 2.20. The molecule has 1 aromatic heterocycles. The lowest BCUT2D eigenvalue weighted by Crippen LogP contribution is -2.29. The summed E-state index contributed by atoms with van der Waals surface area (Å²) in [7, 11) is 3.75. The van der Waals surface area contributed by atoms with Gasteiger partial charge in [-0.3, -0.25) is 0 Å². The van der Waals surface area contributed by atoms with E-state index >= 15 is 0 Å². The molecule has 1 atom stereocenters. The van der Waals surface area contributed by atoms with Crippen LogP contribution in [0.3, 0.4) is 0 Å². The average molecular weight is 261 g/mol. The monoisotopic (exact) mass is 261 g/mol. The number of likely N-dealkylation sites (N-methyl/N-ethyl adjacent to an activating group) is 1. The Balaban J connectivity index is 2.05. The zero-order valence-corrected chi connectivity index (χ0v) is 11.7. The van der Waals surface area contributed by atoms with Gasteiger partial charge >= 0.3 is 0 Å². The van der Waals surface area contributed by atoms with Crippen LogP contribution in [-0.2, 0) is 12.8 Å². The van der Waals surface area contributed by atoms with E-state index in [1.807, 2.05) is 30.5 Å². The Hall–Kier alpha value is -1.32. The molecule has 0 fully saturated rings. The Kier molecular flexibility index (Phi) is 4.79. The van der Waals surface area contributed by atoms with Gasteiger partial charge in [0.25, 0.3) is 0 Å². The third kappa shape index (κ3) is 3.34. The quantitative estimate of drug-likeness (QED) is 0.862. The van der Waals surface area contributed by atoms with E-state index in [-0.39, 0.29) is 0 Å². The fraction of sp³-hybridized carbons (Fsp3) is 0.333. The van der Waals surface area contributed by atoms with E-state index in [1.165, 1.54) is 10.4 Å². The highest BCUT2D eigenvalue weighted by molar-refractivity contribution is 7.09. The molecule has 2 rings (SSSR count). The molecule has 0 aliphatic heterocycles. The van der Waals surface area contributed by atoms with Crippen molar-refractivity contribution < 1.29 is 4.74 Å². The maximum Gasteiger partial charge on any atom is 0.122 e. The van der Waals surface area contributed by atoms with Gasteiger partial charge in [0.05, 0.1) is 7.11 Å². The number of para-hydroxylation sites is 1. The number of methoxy groups -OCH3 is 1. The molecule has 0 spiro atoms. The Labute approximate surface area is 113 Å². The number of benzene rings is 1. The summed E-state index contributed by atoms with van der Waals surface area (Å²) in [6, 6.07) is 13.0. The fourth-order valence-electron chi connectivity index (χ4n) is 2.08. The van der Waals surface area contributed by atoms with E-state index in [0.29, 0.717) is 6.04 Å². The van der Waals surface area contributed by atoms with Crippen molar-refractivity contribution in [2.24, 2.45) is 0 Å². The molecule has 1 aromatic carbocycles. The molecule has 2 aromatic rings. The van der Waals surface area contributed by atoms with E-state index < -0.39 is 0 Å². The summed E-state index contributed by atoms with van der Waals surface area (Å²) in [5.74, 6) is 0.976. The standard InChI is InChI=1S/C15H19NOS/c1-16-13(11-14-7-5-9-18-14)10-12-6-3-4-8-15(12)17-2/h3-9,13,16H,10-11H2,1-2H3. The van der Waals surface area contributed by atoms with Crippen molar-refractivity contribution in [3.8, 4) is 5.75 Å². The van der Waals surface area contributed by atoms with E-state index in [2.05, 4.69) is 35.0 Å². The first-order chi connectivity index (χ1) is 8.83. The fourth-order valence-corrected chi connectivity index (χ4v) is 2.87. The van der Waals surface area contributed by atoms with Crippen LogP contribution in [0.5, 0.6) is 5.75 Å². The molecular weight excluding hydrogens is 242 g/mol. The predicted octanol–water partition coefficient (Wildman–Crippen LogP) is 3.13. The third-order valence-corrected chi connectivity index (χ3v) is 3.99. The van der Waals surface area contributed by atoms with Gasteiger partial charge in [0, 0.05) is 10.9 Å². The molecule has 3 heteroatoms. The van der Waals surface area contributed by atoms with Crippen LogP contribution in [0.4, 0.5) is 0 Å². The molecule has 1 heterocycles. The highest BCUT2D eigenvalue weighted by Gasteiger charge is 2.11. The van der Waals surface area contributed by atoms with Gasteiger partial charge in [-0.2, -0.15) is 0 Å². The summed E-state index contributed by atoms with van der Waals surface area (Å²) in [5, 5.41) is 5.52. The van der Waals surface area contributed by atoms with Crippen LogP contribution < -0.4 is 10.1 Å². The minimum atomic E-state index is 0.444. The van der Waals surface area contributed by atoms with Gasteiger partial charge in [-0.05, 0) is 43.0 Å². The normalized spacial score (nSPS) is 12.3. The van der Waals surface area contributed by atoms with E-state index in [0.717, 1.165) is 18.6 Å². The van der Waals surface area contributed by atoms with Gasteiger partial charge in [-0.15, -0.1) is 11.3 Å². The molecule has 2 nitrogen and oxygen atoms in total. The van der Waals surface area contributed by atoms with Gasteiger partial charge in [-0.25, -0.2) is 0 Å². The Morgan fingerprint density at radius 2 is 2.00 bits per heavy atom. The van der Waals surface area contributed by atoms with Crippen molar-refractivity contribution >= 4 is 11.3 Å². The molecule has 96 valence electrons. The lowest BCUT2D eigenvalue weighted by atomic mass is 10.0. The van der Waals surface area contributed by atoms with Crippen LogP contribution in [0, 0.1) is 0 Å². The molecule has 0 amide bonds. The van der Waals surface area contributed by atoms with Crippen molar-refractivity contribution in [1.82, 2.24) is 5.32 Å². The van der Waals surface area contributed by atoms with Gasteiger partial charge < -0.3 is 10.1 Å². The summed E-state index contributed by atoms with van der Waals surface area (Å²) >= 11 is 1.82. The molecule has 1 unspecified atom stereocenters. The van der Waals surface area contributed by atoms with Crippen LogP contribution in [0.25, 0.3) is 0 Å². The number of hydrogen-bond acceptors (Lipinski definition) is 3. The second kappa shape index (κ2) is 6.57. The molecule has 0 saturated carbocycles. The van der Waals surface area contributed by atoms with Crippen molar-refractivity contribution in [2.75, 3.05) is 14.2 Å². The molecule has 0 aliphatic rings. The lowest BCUT2D eigenvalue weighted by Gasteiger charge is -2.17. The van der Waals surface area contributed by atoms with Crippen LogP contribution in [-0.4, -0.2) is 20.2 Å². The molecule has 0 saturated heterocycles. The van der Waals surface area contributed by atoms with E-state index in [4.69, 9.17) is 4.74 Å². The first-order valence-electron chi connectivity index (χ1n) is 6.15. The van der Waals surface area contributed by atoms with Crippen molar-refractivity contribution in [1.29, 1.82) is 0 Å². The zero-order valence-electron chi connectivity index (χ0n) is 10.8. The van der Waals surface area contributed by atoms with Crippen LogP contribution in [0.1, 0.15) is 10.4 Å². The van der Waals surface area contributed by atoms with Gasteiger partial charge in [0.1, 0.15) is 5.75 Å². The van der Waals surface area contributed by atoms with Crippen molar-refractivity contribution in [3.63, 3.8) is 0 Å². The Morgan fingerprint density at radius 3 is 2.67 bits per heavy atom. The smallest absolute Gasteiger partial charge is 0.122 e. The second-order valence-electron chi connectivity index (χ2n) is 4.29. The maximum absolute atomic E-state index is 5.40. The number of rotatable bonds is 6. The highest BCUT2D eigenvalue weighted by atomic mass is 32.1. The Bertz CT molecular complexity index is 467. The number of ether oxygens (including phenoxy) is 1. The third-order valence-electron chi connectivity index (χ3n) is 3.09. The topological polar surface area (TPSA) is 21.3 Å². The van der Waals surface area contributed by atoms with Crippen molar-refractivity contribution in [3.05, 3.63) is 52.2 Å². The van der Waals surface area contributed by atoms with Crippen LogP contribution in [0.2, 0.25) is 0 Å². The Morgan fingerprint density at radius 1 is 1.17 bits per heavy atom. The summed E-state index contributed by atoms with van der Waals surface area (Å²) in [6.07, 6.45) is 2.05. The summed E-state index contributed by atoms with van der Waals surface area (Å²) in [4.78, 5) is 1.42. The van der Waals surface area contributed by atoms with Gasteiger partial charge in [0.15, 0.2) is 0 Å². The first-order valence-corrected chi connectivity index (χ1v) is 7.03. The zero-order chi connectivity index (χ0) is 12.8. The average Bonchev–Trinajstić information content (AvgIpc) is 2.91. The van der Waals surface area contributed by atoms with E-state index in [9.17, 15) is 0 Å². The number of nitrogens with one attached hydrogen (secondary N) is 1. The first kappa shape index (κ1) is 13.1. The minimum absolute atomic E-state index is 0.444. The maximum atomic E-state index is 5.40. The summed E-state index contributed by atoms with van der Waals surface area (Å²) in [6.45, 7) is 0.